The third-order valence-electron chi connectivity index (χ3n) is 4.48. The maximum atomic E-state index is 11.6. The molecular formula is C24H30O8. The van der Waals surface area contributed by atoms with Crippen molar-refractivity contribution < 1.29 is 38.0 Å². The third kappa shape index (κ3) is 7.94. The van der Waals surface area contributed by atoms with Gasteiger partial charge in [-0.15, -0.1) is 0 Å². The Morgan fingerprint density at radius 3 is 1.81 bits per heavy atom. The minimum atomic E-state index is -0.429. The fourth-order valence-electron chi connectivity index (χ4n) is 2.95. The number of esters is 1. The van der Waals surface area contributed by atoms with E-state index in [1.54, 1.807) is 6.92 Å². The van der Waals surface area contributed by atoms with Crippen LogP contribution in [0, 0.1) is 0 Å². The van der Waals surface area contributed by atoms with Gasteiger partial charge in [-0.1, -0.05) is 24.3 Å². The number of hydrogen-bond acceptors (Lipinski definition) is 8. The van der Waals surface area contributed by atoms with Gasteiger partial charge in [0.1, 0.15) is 32.5 Å². The molecule has 2 aromatic carbocycles. The van der Waals surface area contributed by atoms with Crippen molar-refractivity contribution in [2.24, 2.45) is 0 Å². The van der Waals surface area contributed by atoms with Gasteiger partial charge in [-0.05, 0) is 31.2 Å². The van der Waals surface area contributed by atoms with E-state index in [0.29, 0.717) is 56.0 Å². The highest BCUT2D eigenvalue weighted by Crippen LogP contribution is 2.28. The molecular weight excluding hydrogens is 416 g/mol. The van der Waals surface area contributed by atoms with Gasteiger partial charge in [0.05, 0.1) is 32.8 Å². The molecule has 0 fully saturated rings. The lowest BCUT2D eigenvalue weighted by Gasteiger charge is -2.21. The predicted octanol–water partition coefficient (Wildman–Crippen LogP) is 3.27. The third-order valence-corrected chi connectivity index (χ3v) is 4.48. The topological polar surface area (TPSA) is 81.7 Å². The Kier molecular flexibility index (Phi) is 9.95. The van der Waals surface area contributed by atoms with Gasteiger partial charge < -0.3 is 33.2 Å². The van der Waals surface area contributed by atoms with Gasteiger partial charge in [0.15, 0.2) is 23.0 Å². The number of benzene rings is 2. The van der Waals surface area contributed by atoms with Crippen LogP contribution in [0.1, 0.15) is 13.3 Å². The molecule has 1 aliphatic heterocycles. The highest BCUT2D eigenvalue weighted by molar-refractivity contribution is 5.69. The molecule has 2 aromatic rings. The van der Waals surface area contributed by atoms with Gasteiger partial charge in [0.2, 0.25) is 0 Å². The highest BCUT2D eigenvalue weighted by Gasteiger charge is 2.16. The molecule has 1 aliphatic rings. The summed E-state index contributed by atoms with van der Waals surface area (Å²) in [6.07, 6.45) is -0.272. The second kappa shape index (κ2) is 13.4. The Labute approximate surface area is 188 Å². The summed E-state index contributed by atoms with van der Waals surface area (Å²) < 4.78 is 40.0. The minimum Gasteiger partial charge on any atom is -0.487 e. The first kappa shape index (κ1) is 23.7. The molecule has 0 atom stereocenters. The largest absolute Gasteiger partial charge is 0.487 e. The molecule has 0 N–H and O–H groups in total. The summed E-state index contributed by atoms with van der Waals surface area (Å²) in [6, 6.07) is 14.8. The van der Waals surface area contributed by atoms with Gasteiger partial charge in [0.25, 0.3) is 0 Å². The van der Waals surface area contributed by atoms with Crippen LogP contribution in [-0.4, -0.2) is 64.9 Å². The van der Waals surface area contributed by atoms with Crippen LogP contribution in [0.2, 0.25) is 0 Å². The maximum Gasteiger partial charge on any atom is 0.308 e. The van der Waals surface area contributed by atoms with Gasteiger partial charge in [-0.25, -0.2) is 0 Å². The van der Waals surface area contributed by atoms with Crippen molar-refractivity contribution in [2.75, 3.05) is 52.9 Å². The summed E-state index contributed by atoms with van der Waals surface area (Å²) in [7, 11) is 0. The van der Waals surface area contributed by atoms with E-state index >= 15 is 0 Å². The number of rotatable bonds is 5. The number of carbonyl (C=O) groups excluding carboxylic acids is 1. The van der Waals surface area contributed by atoms with Crippen molar-refractivity contribution in [3.05, 3.63) is 48.5 Å². The zero-order valence-electron chi connectivity index (χ0n) is 18.3. The monoisotopic (exact) mass is 446 g/mol. The zero-order chi connectivity index (χ0) is 22.4. The van der Waals surface area contributed by atoms with Crippen LogP contribution in [-0.2, 0) is 19.0 Å². The van der Waals surface area contributed by atoms with Crippen molar-refractivity contribution in [2.45, 2.75) is 19.4 Å². The van der Waals surface area contributed by atoms with Crippen molar-refractivity contribution in [1.82, 2.24) is 0 Å². The molecule has 174 valence electrons. The van der Waals surface area contributed by atoms with Gasteiger partial charge in [0, 0.05) is 0 Å². The SMILES string of the molecule is CCOC(=O)CCOC1COc2ccccc2OCCOCCOc2ccccc2OC1. The molecule has 0 aromatic heterocycles. The average Bonchev–Trinajstić information content (AvgIpc) is 2.80. The van der Waals surface area contributed by atoms with Gasteiger partial charge in [-0.2, -0.15) is 0 Å². The summed E-state index contributed by atoms with van der Waals surface area (Å²) in [5.74, 6) is 2.14. The van der Waals surface area contributed by atoms with E-state index in [1.165, 1.54) is 0 Å². The first-order valence-electron chi connectivity index (χ1n) is 10.8. The smallest absolute Gasteiger partial charge is 0.308 e. The van der Waals surface area contributed by atoms with Crippen LogP contribution < -0.4 is 18.9 Å². The predicted molar refractivity (Wildman–Crippen MR) is 117 cm³/mol. The van der Waals surface area contributed by atoms with E-state index in [-0.39, 0.29) is 32.2 Å². The summed E-state index contributed by atoms with van der Waals surface area (Å²) in [4.78, 5) is 11.6. The quantitative estimate of drug-likeness (QED) is 0.648. The number of para-hydroxylation sites is 4. The molecule has 3 rings (SSSR count). The van der Waals surface area contributed by atoms with E-state index in [0.717, 1.165) is 0 Å². The van der Waals surface area contributed by atoms with Crippen molar-refractivity contribution in [3.8, 4) is 23.0 Å². The highest BCUT2D eigenvalue weighted by atomic mass is 16.6. The molecule has 0 saturated heterocycles. The van der Waals surface area contributed by atoms with E-state index in [9.17, 15) is 4.79 Å². The first-order chi connectivity index (χ1) is 15.8. The Bertz CT molecular complexity index is 770. The molecule has 0 aliphatic carbocycles. The maximum absolute atomic E-state index is 11.6. The van der Waals surface area contributed by atoms with Crippen molar-refractivity contribution in [1.29, 1.82) is 0 Å². The zero-order valence-corrected chi connectivity index (χ0v) is 18.3. The molecule has 8 nitrogen and oxygen atoms in total. The lowest BCUT2D eigenvalue weighted by molar-refractivity contribution is -0.145. The van der Waals surface area contributed by atoms with E-state index in [1.807, 2.05) is 48.5 Å². The summed E-state index contributed by atoms with van der Waals surface area (Å²) in [5.41, 5.74) is 0. The standard InChI is InChI=1S/C24H30O8/c1-2-27-24(25)11-12-28-19-17-31-22-9-5-3-7-20(22)29-15-13-26-14-16-30-21-8-4-6-10-23(21)32-18-19/h3-10,19H,2,11-18H2,1H3. The molecule has 8 heteroatoms. The average molecular weight is 446 g/mol. The first-order valence-corrected chi connectivity index (χ1v) is 10.8. The Hall–Kier alpha value is -2.97. The van der Waals surface area contributed by atoms with Crippen LogP contribution in [0.4, 0.5) is 0 Å². The van der Waals surface area contributed by atoms with Gasteiger partial charge in [-0.3, -0.25) is 4.79 Å². The van der Waals surface area contributed by atoms with Crippen LogP contribution in [0.3, 0.4) is 0 Å². The Morgan fingerprint density at radius 1 is 0.812 bits per heavy atom. The van der Waals surface area contributed by atoms with Crippen LogP contribution in [0.15, 0.2) is 48.5 Å². The van der Waals surface area contributed by atoms with Crippen molar-refractivity contribution in [3.63, 3.8) is 0 Å². The molecule has 0 bridgehead atoms. The number of carbonyl (C=O) groups is 1. The molecule has 0 saturated carbocycles. The molecule has 0 radical (unpaired) electrons. The molecule has 0 unspecified atom stereocenters. The van der Waals surface area contributed by atoms with Gasteiger partial charge >= 0.3 is 5.97 Å². The summed E-state index contributed by atoms with van der Waals surface area (Å²) >= 11 is 0. The van der Waals surface area contributed by atoms with E-state index < -0.39 is 6.10 Å². The number of ether oxygens (including phenoxy) is 7. The number of hydrogen-bond donors (Lipinski definition) is 0. The fraction of sp³-hybridized carbons (Fsp3) is 0.458. The molecule has 32 heavy (non-hydrogen) atoms. The van der Waals surface area contributed by atoms with E-state index in [2.05, 4.69) is 0 Å². The lowest BCUT2D eigenvalue weighted by atomic mass is 10.3. The normalized spacial score (nSPS) is 15.7. The number of fused-ring (bicyclic) bond motifs is 2. The van der Waals surface area contributed by atoms with Crippen LogP contribution in [0.5, 0.6) is 23.0 Å². The van der Waals surface area contributed by atoms with Crippen LogP contribution in [0.25, 0.3) is 0 Å². The second-order valence-electron chi connectivity index (χ2n) is 6.87. The summed E-state index contributed by atoms with van der Waals surface area (Å²) in [5, 5.41) is 0. The second-order valence-corrected chi connectivity index (χ2v) is 6.87. The lowest BCUT2D eigenvalue weighted by Crippen LogP contribution is -2.30. The molecule has 1 heterocycles. The minimum absolute atomic E-state index is 0.156. The van der Waals surface area contributed by atoms with E-state index in [4.69, 9.17) is 33.2 Å². The fourth-order valence-corrected chi connectivity index (χ4v) is 2.95. The Balaban J connectivity index is 1.69. The Morgan fingerprint density at radius 2 is 1.31 bits per heavy atom. The van der Waals surface area contributed by atoms with Crippen molar-refractivity contribution >= 4 is 5.97 Å². The summed E-state index contributed by atoms with van der Waals surface area (Å²) in [6.45, 7) is 4.36. The molecule has 0 amide bonds. The molecule has 0 spiro atoms. The van der Waals surface area contributed by atoms with Crippen LogP contribution >= 0.6 is 0 Å².